The van der Waals surface area contributed by atoms with Gasteiger partial charge in [0.1, 0.15) is 0 Å². The van der Waals surface area contributed by atoms with Crippen molar-refractivity contribution in [3.05, 3.63) is 35.4 Å². The number of hydrogen-bond donors (Lipinski definition) is 1. The number of rotatable bonds is 2. The van der Waals surface area contributed by atoms with Gasteiger partial charge in [-0.05, 0) is 67.8 Å². The minimum Gasteiger partial charge on any atom is -0.316 e. The Labute approximate surface area is 123 Å². The molecule has 2 atom stereocenters. The van der Waals surface area contributed by atoms with Crippen LogP contribution in [0.3, 0.4) is 0 Å². The van der Waals surface area contributed by atoms with E-state index in [9.17, 15) is 13.2 Å². The lowest BCUT2D eigenvalue weighted by Gasteiger charge is -2.12. The lowest BCUT2D eigenvalue weighted by atomic mass is 9.96. The van der Waals surface area contributed by atoms with Crippen LogP contribution in [0.25, 0.3) is 0 Å². The van der Waals surface area contributed by atoms with Crippen molar-refractivity contribution >= 4 is 12.4 Å². The van der Waals surface area contributed by atoms with Gasteiger partial charge in [0.05, 0.1) is 5.56 Å². The normalized spacial score (nSPS) is 29.1. The molecule has 20 heavy (non-hydrogen) atoms. The van der Waals surface area contributed by atoms with E-state index in [4.69, 9.17) is 0 Å². The van der Waals surface area contributed by atoms with E-state index in [0.29, 0.717) is 5.92 Å². The van der Waals surface area contributed by atoms with E-state index in [1.807, 2.05) is 0 Å². The highest BCUT2D eigenvalue weighted by atomic mass is 35.5. The van der Waals surface area contributed by atoms with E-state index in [0.717, 1.165) is 36.9 Å². The van der Waals surface area contributed by atoms with Gasteiger partial charge in [-0.3, -0.25) is 0 Å². The summed E-state index contributed by atoms with van der Waals surface area (Å²) in [5, 5.41) is 3.41. The van der Waals surface area contributed by atoms with Gasteiger partial charge in [0.25, 0.3) is 0 Å². The lowest BCUT2D eigenvalue weighted by Crippen LogP contribution is -2.13. The standard InChI is InChI=1S/C15H18F3N.ClH/c16-15(17,18)14-3-1-10(2-4-14)5-11-6-12-8-19-9-13(12)7-11;/h1-4,11-13,19H,5-9H2;1H. The molecule has 5 heteroatoms. The molecule has 112 valence electrons. The summed E-state index contributed by atoms with van der Waals surface area (Å²) in [6, 6.07) is 5.67. The first kappa shape index (κ1) is 15.6. The molecular weight excluding hydrogens is 287 g/mol. The van der Waals surface area contributed by atoms with Gasteiger partial charge in [0.15, 0.2) is 0 Å². The van der Waals surface area contributed by atoms with Gasteiger partial charge in [-0.2, -0.15) is 13.2 Å². The molecule has 1 aromatic rings. The molecule has 0 amide bonds. The van der Waals surface area contributed by atoms with Crippen molar-refractivity contribution in [1.29, 1.82) is 0 Å². The van der Waals surface area contributed by atoms with Gasteiger partial charge in [-0.15, -0.1) is 12.4 Å². The average molecular weight is 306 g/mol. The fourth-order valence-electron chi connectivity index (χ4n) is 3.62. The summed E-state index contributed by atoms with van der Waals surface area (Å²) in [7, 11) is 0. The Hall–Kier alpha value is -0.740. The quantitative estimate of drug-likeness (QED) is 0.873. The van der Waals surface area contributed by atoms with E-state index in [1.165, 1.54) is 25.0 Å². The zero-order chi connectivity index (χ0) is 13.5. The molecule has 0 bridgehead atoms. The third-order valence-electron chi connectivity index (χ3n) is 4.56. The van der Waals surface area contributed by atoms with Gasteiger partial charge < -0.3 is 5.32 Å². The maximum Gasteiger partial charge on any atom is 0.416 e. The van der Waals surface area contributed by atoms with Crippen molar-refractivity contribution < 1.29 is 13.2 Å². The first-order valence-electron chi connectivity index (χ1n) is 6.89. The number of alkyl halides is 3. The predicted molar refractivity (Wildman–Crippen MR) is 75.0 cm³/mol. The Kier molecular flexibility index (Phi) is 4.65. The van der Waals surface area contributed by atoms with Crippen LogP contribution in [0, 0.1) is 17.8 Å². The van der Waals surface area contributed by atoms with E-state index < -0.39 is 11.7 Å². The van der Waals surface area contributed by atoms with Crippen LogP contribution >= 0.6 is 12.4 Å². The predicted octanol–water partition coefficient (Wildman–Crippen LogP) is 3.92. The van der Waals surface area contributed by atoms with E-state index in [-0.39, 0.29) is 12.4 Å². The molecular formula is C15H19ClF3N. The maximum absolute atomic E-state index is 12.5. The monoisotopic (exact) mass is 305 g/mol. The number of benzene rings is 1. The zero-order valence-corrected chi connectivity index (χ0v) is 11.9. The molecule has 2 unspecified atom stereocenters. The fourth-order valence-corrected chi connectivity index (χ4v) is 3.62. The smallest absolute Gasteiger partial charge is 0.316 e. The van der Waals surface area contributed by atoms with Crippen LogP contribution in [0.2, 0.25) is 0 Å². The average Bonchev–Trinajstić information content (AvgIpc) is 2.89. The molecule has 3 rings (SSSR count). The molecule has 1 aliphatic carbocycles. The minimum absolute atomic E-state index is 0. The Bertz CT molecular complexity index is 431. The van der Waals surface area contributed by atoms with Crippen LogP contribution < -0.4 is 5.32 Å². The highest BCUT2D eigenvalue weighted by Gasteiger charge is 2.37. The summed E-state index contributed by atoms with van der Waals surface area (Å²) < 4.78 is 37.4. The zero-order valence-electron chi connectivity index (χ0n) is 11.1. The summed E-state index contributed by atoms with van der Waals surface area (Å²) in [5.41, 5.74) is 0.481. The molecule has 1 aromatic carbocycles. The van der Waals surface area contributed by atoms with Crippen molar-refractivity contribution in [3.63, 3.8) is 0 Å². The molecule has 0 spiro atoms. The Morgan fingerprint density at radius 3 is 2.05 bits per heavy atom. The largest absolute Gasteiger partial charge is 0.416 e. The van der Waals surface area contributed by atoms with Crippen molar-refractivity contribution in [3.8, 4) is 0 Å². The highest BCUT2D eigenvalue weighted by Crippen LogP contribution is 2.40. The molecule has 0 aromatic heterocycles. The molecule has 2 aliphatic rings. The SMILES string of the molecule is Cl.FC(F)(F)c1ccc(CC2CC3CNCC3C2)cc1. The topological polar surface area (TPSA) is 12.0 Å². The Morgan fingerprint density at radius 1 is 1.00 bits per heavy atom. The third-order valence-corrected chi connectivity index (χ3v) is 4.56. The number of hydrogen-bond acceptors (Lipinski definition) is 1. The van der Waals surface area contributed by atoms with Crippen LogP contribution in [-0.2, 0) is 12.6 Å². The van der Waals surface area contributed by atoms with Crippen LogP contribution in [-0.4, -0.2) is 13.1 Å². The van der Waals surface area contributed by atoms with Gasteiger partial charge in [-0.1, -0.05) is 12.1 Å². The van der Waals surface area contributed by atoms with Crippen molar-refractivity contribution in [1.82, 2.24) is 5.32 Å². The molecule has 0 radical (unpaired) electrons. The second-order valence-electron chi connectivity index (χ2n) is 5.91. The lowest BCUT2D eigenvalue weighted by molar-refractivity contribution is -0.137. The molecule has 1 saturated carbocycles. The number of halogens is 4. The van der Waals surface area contributed by atoms with Crippen LogP contribution in [0.4, 0.5) is 13.2 Å². The minimum atomic E-state index is -4.23. The third kappa shape index (κ3) is 3.29. The first-order chi connectivity index (χ1) is 9.02. The highest BCUT2D eigenvalue weighted by molar-refractivity contribution is 5.85. The number of fused-ring (bicyclic) bond motifs is 1. The van der Waals surface area contributed by atoms with E-state index in [1.54, 1.807) is 12.1 Å². The van der Waals surface area contributed by atoms with E-state index >= 15 is 0 Å². The van der Waals surface area contributed by atoms with Crippen LogP contribution in [0.15, 0.2) is 24.3 Å². The summed E-state index contributed by atoms with van der Waals surface area (Å²) in [6.07, 6.45) is -0.864. The molecule has 1 aliphatic heterocycles. The number of nitrogens with one attached hydrogen (secondary N) is 1. The van der Waals surface area contributed by atoms with Gasteiger partial charge in [0, 0.05) is 0 Å². The second kappa shape index (κ2) is 5.94. The second-order valence-corrected chi connectivity index (χ2v) is 5.91. The molecule has 2 fully saturated rings. The van der Waals surface area contributed by atoms with Crippen molar-refractivity contribution in [2.75, 3.05) is 13.1 Å². The molecule has 1 saturated heterocycles. The van der Waals surface area contributed by atoms with Crippen molar-refractivity contribution in [2.45, 2.75) is 25.4 Å². The summed E-state index contributed by atoms with van der Waals surface area (Å²) in [5.74, 6) is 2.23. The van der Waals surface area contributed by atoms with Gasteiger partial charge in [0.2, 0.25) is 0 Å². The van der Waals surface area contributed by atoms with Gasteiger partial charge in [-0.25, -0.2) is 0 Å². The Morgan fingerprint density at radius 2 is 1.55 bits per heavy atom. The van der Waals surface area contributed by atoms with Crippen LogP contribution in [0.1, 0.15) is 24.0 Å². The summed E-state index contributed by atoms with van der Waals surface area (Å²) >= 11 is 0. The summed E-state index contributed by atoms with van der Waals surface area (Å²) in [4.78, 5) is 0. The van der Waals surface area contributed by atoms with Crippen molar-refractivity contribution in [2.24, 2.45) is 17.8 Å². The van der Waals surface area contributed by atoms with Crippen LogP contribution in [0.5, 0.6) is 0 Å². The molecule has 1 nitrogen and oxygen atoms in total. The van der Waals surface area contributed by atoms with Gasteiger partial charge >= 0.3 is 6.18 Å². The molecule has 1 heterocycles. The summed E-state index contributed by atoms with van der Waals surface area (Å²) in [6.45, 7) is 2.24. The van der Waals surface area contributed by atoms with E-state index in [2.05, 4.69) is 5.32 Å². The Balaban J connectivity index is 0.00000147. The molecule has 1 N–H and O–H groups in total. The maximum atomic E-state index is 12.5. The first-order valence-corrected chi connectivity index (χ1v) is 6.89. The fraction of sp³-hybridized carbons (Fsp3) is 0.600.